The van der Waals surface area contributed by atoms with E-state index in [2.05, 4.69) is 0 Å². The topological polar surface area (TPSA) is 70.8 Å². The van der Waals surface area contributed by atoms with Crippen LogP contribution in [0.3, 0.4) is 0 Å². The van der Waals surface area contributed by atoms with E-state index < -0.39 is 12.0 Å². The Morgan fingerprint density at radius 1 is 1.25 bits per heavy atom. The molecule has 0 bridgehead atoms. The summed E-state index contributed by atoms with van der Waals surface area (Å²) in [5.41, 5.74) is 1.08. The molecule has 1 aliphatic rings. The number of carbonyl (C=O) groups excluding carboxylic acids is 1. The van der Waals surface area contributed by atoms with Crippen molar-refractivity contribution in [3.8, 4) is 0 Å². The molecular weight excluding hydrogens is 258 g/mol. The van der Waals surface area contributed by atoms with E-state index in [4.69, 9.17) is 4.42 Å². The van der Waals surface area contributed by atoms with Crippen LogP contribution in [0.4, 0.5) is 0 Å². The molecule has 0 unspecified atom stereocenters. The van der Waals surface area contributed by atoms with Crippen molar-refractivity contribution in [2.45, 2.75) is 25.3 Å². The second-order valence-corrected chi connectivity index (χ2v) is 4.99. The first kappa shape index (κ1) is 12.7. The standard InChI is InChI=1S/C15H15NO4/c17-14(16-8-4-3-6-12(16)15(18)19)11-9-20-13-7-2-1-5-10(11)13/h1-2,5,7,9,12H,3-4,6,8H2,(H,18,19)/t12-/m1/s1. The lowest BCUT2D eigenvalue weighted by Gasteiger charge is -2.32. The quantitative estimate of drug-likeness (QED) is 0.912. The van der Waals surface area contributed by atoms with Crippen LogP contribution in [0.15, 0.2) is 34.9 Å². The maximum atomic E-state index is 12.6. The zero-order valence-corrected chi connectivity index (χ0v) is 10.9. The first-order valence-corrected chi connectivity index (χ1v) is 6.68. The lowest BCUT2D eigenvalue weighted by atomic mass is 10.0. The minimum atomic E-state index is -0.939. The van der Waals surface area contributed by atoms with Gasteiger partial charge in [-0.3, -0.25) is 4.79 Å². The van der Waals surface area contributed by atoms with Crippen LogP contribution < -0.4 is 0 Å². The minimum absolute atomic E-state index is 0.262. The molecule has 104 valence electrons. The Balaban J connectivity index is 1.96. The number of carboxylic acid groups (broad SMARTS) is 1. The van der Waals surface area contributed by atoms with E-state index in [1.165, 1.54) is 11.2 Å². The van der Waals surface area contributed by atoms with E-state index in [9.17, 15) is 14.7 Å². The molecule has 1 fully saturated rings. The summed E-state index contributed by atoms with van der Waals surface area (Å²) in [6.07, 6.45) is 3.61. The van der Waals surface area contributed by atoms with Gasteiger partial charge >= 0.3 is 5.97 Å². The van der Waals surface area contributed by atoms with Gasteiger partial charge in [0.2, 0.25) is 0 Å². The third kappa shape index (κ3) is 2.05. The Morgan fingerprint density at radius 2 is 2.05 bits per heavy atom. The van der Waals surface area contributed by atoms with Gasteiger partial charge in [-0.15, -0.1) is 0 Å². The highest BCUT2D eigenvalue weighted by Gasteiger charge is 2.33. The lowest BCUT2D eigenvalue weighted by molar-refractivity contribution is -0.143. The Morgan fingerprint density at radius 3 is 2.85 bits per heavy atom. The highest BCUT2D eigenvalue weighted by atomic mass is 16.4. The van der Waals surface area contributed by atoms with E-state index in [0.717, 1.165) is 18.2 Å². The Hall–Kier alpha value is -2.30. The number of carboxylic acids is 1. The molecule has 5 heteroatoms. The second kappa shape index (κ2) is 5.00. The number of aliphatic carboxylic acids is 1. The number of likely N-dealkylation sites (tertiary alicyclic amines) is 1. The molecule has 1 amide bonds. The number of rotatable bonds is 2. The molecule has 1 N–H and O–H groups in total. The number of nitrogens with zero attached hydrogens (tertiary/aromatic N) is 1. The molecule has 0 radical (unpaired) electrons. The van der Waals surface area contributed by atoms with Crippen molar-refractivity contribution in [3.05, 3.63) is 36.1 Å². The van der Waals surface area contributed by atoms with Gasteiger partial charge in [0.15, 0.2) is 0 Å². The smallest absolute Gasteiger partial charge is 0.326 e. The molecule has 0 spiro atoms. The number of para-hydroxylation sites is 1. The van der Waals surface area contributed by atoms with Gasteiger partial charge in [0.05, 0.1) is 5.56 Å². The highest BCUT2D eigenvalue weighted by molar-refractivity contribution is 6.06. The number of hydrogen-bond donors (Lipinski definition) is 1. The molecule has 0 saturated carbocycles. The van der Waals surface area contributed by atoms with Crippen molar-refractivity contribution < 1.29 is 19.1 Å². The zero-order chi connectivity index (χ0) is 14.1. The molecule has 1 aliphatic heterocycles. The average molecular weight is 273 g/mol. The first-order valence-electron chi connectivity index (χ1n) is 6.68. The lowest BCUT2D eigenvalue weighted by Crippen LogP contribution is -2.47. The summed E-state index contributed by atoms with van der Waals surface area (Å²) in [7, 11) is 0. The zero-order valence-electron chi connectivity index (χ0n) is 10.9. The fraction of sp³-hybridized carbons (Fsp3) is 0.333. The Kier molecular flexibility index (Phi) is 3.18. The molecule has 5 nitrogen and oxygen atoms in total. The number of benzene rings is 1. The maximum absolute atomic E-state index is 12.6. The van der Waals surface area contributed by atoms with Crippen LogP contribution in [0.5, 0.6) is 0 Å². The first-order chi connectivity index (χ1) is 9.68. The Labute approximate surface area is 115 Å². The summed E-state index contributed by atoms with van der Waals surface area (Å²) < 4.78 is 5.36. The van der Waals surface area contributed by atoms with Crippen LogP contribution in [0, 0.1) is 0 Å². The van der Waals surface area contributed by atoms with Crippen molar-refractivity contribution in [2.24, 2.45) is 0 Å². The SMILES string of the molecule is O=C(O)[C@H]1CCCCN1C(=O)c1coc2ccccc12. The highest BCUT2D eigenvalue weighted by Crippen LogP contribution is 2.25. The fourth-order valence-corrected chi connectivity index (χ4v) is 2.73. The predicted molar refractivity (Wildman–Crippen MR) is 72.5 cm³/mol. The number of piperidine rings is 1. The molecule has 0 aliphatic carbocycles. The average Bonchev–Trinajstić information content (AvgIpc) is 2.90. The molecule has 1 aromatic carbocycles. The van der Waals surface area contributed by atoms with Crippen molar-refractivity contribution in [1.82, 2.24) is 4.90 Å². The van der Waals surface area contributed by atoms with Gasteiger partial charge in [-0.2, -0.15) is 0 Å². The predicted octanol–water partition coefficient (Wildman–Crippen LogP) is 2.51. The van der Waals surface area contributed by atoms with Crippen molar-refractivity contribution in [3.63, 3.8) is 0 Å². The van der Waals surface area contributed by atoms with Crippen molar-refractivity contribution >= 4 is 22.8 Å². The largest absolute Gasteiger partial charge is 0.480 e. The monoisotopic (exact) mass is 273 g/mol. The number of carbonyl (C=O) groups is 2. The van der Waals surface area contributed by atoms with Gasteiger partial charge in [-0.25, -0.2) is 4.79 Å². The third-order valence-corrected chi connectivity index (χ3v) is 3.76. The molecular formula is C15H15NO4. The maximum Gasteiger partial charge on any atom is 0.326 e. The van der Waals surface area contributed by atoms with Crippen LogP contribution in [-0.2, 0) is 4.79 Å². The van der Waals surface area contributed by atoms with Gasteiger partial charge in [0.25, 0.3) is 5.91 Å². The summed E-state index contributed by atoms with van der Waals surface area (Å²) in [6.45, 7) is 0.481. The van der Waals surface area contributed by atoms with Gasteiger partial charge in [-0.1, -0.05) is 18.2 Å². The van der Waals surface area contributed by atoms with Gasteiger partial charge in [0.1, 0.15) is 17.9 Å². The van der Waals surface area contributed by atoms with Crippen LogP contribution in [0.25, 0.3) is 11.0 Å². The molecule has 20 heavy (non-hydrogen) atoms. The number of hydrogen-bond acceptors (Lipinski definition) is 3. The van der Waals surface area contributed by atoms with Crippen LogP contribution in [0.1, 0.15) is 29.6 Å². The number of furan rings is 1. The second-order valence-electron chi connectivity index (χ2n) is 4.99. The minimum Gasteiger partial charge on any atom is -0.480 e. The molecule has 3 rings (SSSR count). The molecule has 1 aromatic heterocycles. The summed E-state index contributed by atoms with van der Waals surface area (Å²) in [5, 5.41) is 9.98. The van der Waals surface area contributed by atoms with E-state index in [0.29, 0.717) is 24.1 Å². The number of amides is 1. The summed E-state index contributed by atoms with van der Waals surface area (Å²) in [4.78, 5) is 25.3. The summed E-state index contributed by atoms with van der Waals surface area (Å²) in [5.74, 6) is -1.20. The Bertz CT molecular complexity index is 661. The molecule has 1 atom stereocenters. The van der Waals surface area contributed by atoms with Crippen molar-refractivity contribution in [2.75, 3.05) is 6.54 Å². The molecule has 2 aromatic rings. The summed E-state index contributed by atoms with van der Waals surface area (Å²) in [6, 6.07) is 6.54. The molecule has 1 saturated heterocycles. The van der Waals surface area contributed by atoms with Crippen LogP contribution in [-0.4, -0.2) is 34.5 Å². The normalized spacial score (nSPS) is 19.2. The van der Waals surface area contributed by atoms with Gasteiger partial charge < -0.3 is 14.4 Å². The van der Waals surface area contributed by atoms with Crippen LogP contribution >= 0.6 is 0 Å². The van der Waals surface area contributed by atoms with E-state index >= 15 is 0 Å². The summed E-state index contributed by atoms with van der Waals surface area (Å²) >= 11 is 0. The fourth-order valence-electron chi connectivity index (χ4n) is 2.73. The number of fused-ring (bicyclic) bond motifs is 1. The van der Waals surface area contributed by atoms with Gasteiger partial charge in [0, 0.05) is 11.9 Å². The van der Waals surface area contributed by atoms with Gasteiger partial charge in [-0.05, 0) is 25.3 Å². The third-order valence-electron chi connectivity index (χ3n) is 3.76. The van der Waals surface area contributed by atoms with Crippen LogP contribution in [0.2, 0.25) is 0 Å². The molecule has 2 heterocycles. The van der Waals surface area contributed by atoms with E-state index in [1.807, 2.05) is 18.2 Å². The van der Waals surface area contributed by atoms with Crippen molar-refractivity contribution in [1.29, 1.82) is 0 Å². The van der Waals surface area contributed by atoms with E-state index in [-0.39, 0.29) is 5.91 Å². The van der Waals surface area contributed by atoms with E-state index in [1.54, 1.807) is 6.07 Å².